The maximum atomic E-state index is 12.8. The van der Waals surface area contributed by atoms with E-state index in [4.69, 9.17) is 4.52 Å². The summed E-state index contributed by atoms with van der Waals surface area (Å²) in [6, 6.07) is 5.84. The van der Waals surface area contributed by atoms with E-state index in [0.717, 1.165) is 12.0 Å². The first kappa shape index (κ1) is 15.2. The van der Waals surface area contributed by atoms with Gasteiger partial charge in [0, 0.05) is 6.42 Å². The van der Waals surface area contributed by atoms with Crippen LogP contribution < -0.4 is 5.32 Å². The Labute approximate surface area is 122 Å². The van der Waals surface area contributed by atoms with Crippen molar-refractivity contribution in [1.29, 1.82) is 0 Å². The van der Waals surface area contributed by atoms with Crippen LogP contribution in [-0.2, 0) is 24.2 Å². The first-order chi connectivity index (χ1) is 10.0. The Kier molecular flexibility index (Phi) is 5.03. The largest absolute Gasteiger partial charge is 0.348 e. The minimum atomic E-state index is -0.316. The van der Waals surface area contributed by atoms with Gasteiger partial charge in [-0.3, -0.25) is 4.79 Å². The van der Waals surface area contributed by atoms with Crippen molar-refractivity contribution in [1.82, 2.24) is 15.5 Å². The van der Waals surface area contributed by atoms with E-state index in [1.165, 1.54) is 12.1 Å². The van der Waals surface area contributed by atoms with Gasteiger partial charge in [-0.2, -0.15) is 4.98 Å². The molecule has 0 radical (unpaired) electrons. The highest BCUT2D eigenvalue weighted by atomic mass is 19.1. The molecule has 0 unspecified atom stereocenters. The molecule has 0 saturated heterocycles. The van der Waals surface area contributed by atoms with Crippen molar-refractivity contribution >= 4 is 5.91 Å². The molecule has 1 N–H and O–H groups in total. The standard InChI is InChI=1S/C15H18FN3O2/c1-10(2)7-15-18-13(19-21-15)9-17-14(20)8-11-3-5-12(16)6-4-11/h3-6,10H,7-9H2,1-2H3,(H,17,20). The fraction of sp³-hybridized carbons (Fsp3) is 0.400. The van der Waals surface area contributed by atoms with E-state index in [-0.39, 0.29) is 24.7 Å². The minimum Gasteiger partial charge on any atom is -0.348 e. The van der Waals surface area contributed by atoms with Crippen LogP contribution in [0.15, 0.2) is 28.8 Å². The Morgan fingerprint density at radius 3 is 2.71 bits per heavy atom. The number of carbonyl (C=O) groups excluding carboxylic acids is 1. The van der Waals surface area contributed by atoms with Gasteiger partial charge in [0.2, 0.25) is 11.8 Å². The molecule has 0 bridgehead atoms. The molecular formula is C15H18FN3O2. The van der Waals surface area contributed by atoms with Gasteiger partial charge in [0.1, 0.15) is 5.82 Å². The highest BCUT2D eigenvalue weighted by molar-refractivity contribution is 5.78. The number of hydrogen-bond donors (Lipinski definition) is 1. The third-order valence-corrected chi connectivity index (χ3v) is 2.81. The summed E-state index contributed by atoms with van der Waals surface area (Å²) in [6.07, 6.45) is 0.910. The van der Waals surface area contributed by atoms with Crippen LogP contribution in [0.1, 0.15) is 31.1 Å². The van der Waals surface area contributed by atoms with Crippen molar-refractivity contribution in [2.24, 2.45) is 5.92 Å². The van der Waals surface area contributed by atoms with E-state index in [0.29, 0.717) is 17.6 Å². The summed E-state index contributed by atoms with van der Waals surface area (Å²) in [5, 5.41) is 6.52. The molecule has 0 fully saturated rings. The first-order valence-corrected chi connectivity index (χ1v) is 6.85. The van der Waals surface area contributed by atoms with Gasteiger partial charge in [0.25, 0.3) is 0 Å². The molecule has 0 aliphatic heterocycles. The molecular weight excluding hydrogens is 273 g/mol. The third-order valence-electron chi connectivity index (χ3n) is 2.81. The van der Waals surface area contributed by atoms with Crippen molar-refractivity contribution in [3.63, 3.8) is 0 Å². The predicted octanol–water partition coefficient (Wildman–Crippen LogP) is 2.27. The molecule has 0 saturated carbocycles. The maximum absolute atomic E-state index is 12.8. The molecule has 1 aromatic heterocycles. The number of aromatic nitrogens is 2. The van der Waals surface area contributed by atoms with E-state index in [1.54, 1.807) is 12.1 Å². The number of benzene rings is 1. The van der Waals surface area contributed by atoms with Crippen LogP contribution in [0.3, 0.4) is 0 Å². The zero-order valence-corrected chi connectivity index (χ0v) is 12.1. The summed E-state index contributed by atoms with van der Waals surface area (Å²) >= 11 is 0. The Morgan fingerprint density at radius 1 is 1.33 bits per heavy atom. The molecule has 5 nitrogen and oxygen atoms in total. The van der Waals surface area contributed by atoms with E-state index >= 15 is 0 Å². The summed E-state index contributed by atoms with van der Waals surface area (Å²) in [5.41, 5.74) is 0.752. The van der Waals surface area contributed by atoms with Gasteiger partial charge in [-0.1, -0.05) is 31.1 Å². The average Bonchev–Trinajstić information content (AvgIpc) is 2.86. The molecule has 1 amide bonds. The van der Waals surface area contributed by atoms with Gasteiger partial charge >= 0.3 is 0 Å². The number of halogens is 1. The normalized spacial score (nSPS) is 10.9. The number of carbonyl (C=O) groups is 1. The maximum Gasteiger partial charge on any atom is 0.226 e. The van der Waals surface area contributed by atoms with Gasteiger partial charge in [-0.15, -0.1) is 0 Å². The molecule has 1 heterocycles. The highest BCUT2D eigenvalue weighted by Crippen LogP contribution is 2.06. The molecule has 2 aromatic rings. The van der Waals surface area contributed by atoms with Crippen molar-refractivity contribution in [3.8, 4) is 0 Å². The lowest BCUT2D eigenvalue weighted by atomic mass is 10.1. The number of nitrogens with zero attached hydrogens (tertiary/aromatic N) is 2. The fourth-order valence-electron chi connectivity index (χ4n) is 1.82. The minimum absolute atomic E-state index is 0.170. The smallest absolute Gasteiger partial charge is 0.226 e. The predicted molar refractivity (Wildman–Crippen MR) is 74.8 cm³/mol. The molecule has 0 aliphatic rings. The molecule has 0 spiro atoms. The van der Waals surface area contributed by atoms with Gasteiger partial charge in [-0.25, -0.2) is 4.39 Å². The second-order valence-corrected chi connectivity index (χ2v) is 5.28. The van der Waals surface area contributed by atoms with Crippen molar-refractivity contribution in [2.75, 3.05) is 0 Å². The van der Waals surface area contributed by atoms with Crippen molar-refractivity contribution in [3.05, 3.63) is 47.4 Å². The Hall–Kier alpha value is -2.24. The Balaban J connectivity index is 1.81. The summed E-state index contributed by atoms with van der Waals surface area (Å²) < 4.78 is 17.8. The number of hydrogen-bond acceptors (Lipinski definition) is 4. The lowest BCUT2D eigenvalue weighted by Crippen LogP contribution is -2.25. The molecule has 0 aliphatic carbocycles. The highest BCUT2D eigenvalue weighted by Gasteiger charge is 2.09. The second kappa shape index (κ2) is 6.97. The Bertz CT molecular complexity index is 593. The lowest BCUT2D eigenvalue weighted by molar-refractivity contribution is -0.120. The second-order valence-electron chi connectivity index (χ2n) is 5.28. The van der Waals surface area contributed by atoms with Gasteiger partial charge in [0.05, 0.1) is 13.0 Å². The van der Waals surface area contributed by atoms with Crippen LogP contribution in [0.5, 0.6) is 0 Å². The average molecular weight is 291 g/mol. The van der Waals surface area contributed by atoms with Crippen LogP contribution in [0.2, 0.25) is 0 Å². The zero-order chi connectivity index (χ0) is 15.2. The van der Waals surface area contributed by atoms with Crippen LogP contribution in [0, 0.1) is 11.7 Å². The van der Waals surface area contributed by atoms with Crippen LogP contribution >= 0.6 is 0 Å². The van der Waals surface area contributed by atoms with Crippen LogP contribution in [-0.4, -0.2) is 16.0 Å². The molecule has 21 heavy (non-hydrogen) atoms. The van der Waals surface area contributed by atoms with Crippen molar-refractivity contribution in [2.45, 2.75) is 33.2 Å². The van der Waals surface area contributed by atoms with Gasteiger partial charge in [0.15, 0.2) is 5.82 Å². The number of rotatable bonds is 6. The van der Waals surface area contributed by atoms with Gasteiger partial charge in [-0.05, 0) is 23.6 Å². The Morgan fingerprint density at radius 2 is 2.05 bits per heavy atom. The molecule has 112 valence electrons. The molecule has 6 heteroatoms. The summed E-state index contributed by atoms with van der Waals surface area (Å²) in [4.78, 5) is 16.0. The topological polar surface area (TPSA) is 68.0 Å². The van der Waals surface area contributed by atoms with Crippen LogP contribution in [0.4, 0.5) is 4.39 Å². The summed E-state index contributed by atoms with van der Waals surface area (Å²) in [6.45, 7) is 4.35. The van der Waals surface area contributed by atoms with Gasteiger partial charge < -0.3 is 9.84 Å². The SMILES string of the molecule is CC(C)Cc1nc(CNC(=O)Cc2ccc(F)cc2)no1. The first-order valence-electron chi connectivity index (χ1n) is 6.85. The zero-order valence-electron chi connectivity index (χ0n) is 12.1. The molecule has 2 rings (SSSR count). The monoisotopic (exact) mass is 291 g/mol. The quantitative estimate of drug-likeness (QED) is 0.886. The lowest BCUT2D eigenvalue weighted by Gasteiger charge is -2.02. The number of nitrogens with one attached hydrogen (secondary N) is 1. The summed E-state index contributed by atoms with van der Waals surface area (Å²) in [7, 11) is 0. The van der Waals surface area contributed by atoms with E-state index in [2.05, 4.69) is 29.3 Å². The number of amides is 1. The molecule has 1 aromatic carbocycles. The summed E-state index contributed by atoms with van der Waals surface area (Å²) in [5.74, 6) is 0.984. The van der Waals surface area contributed by atoms with Crippen LogP contribution in [0.25, 0.3) is 0 Å². The van der Waals surface area contributed by atoms with Crippen molar-refractivity contribution < 1.29 is 13.7 Å². The van der Waals surface area contributed by atoms with E-state index in [1.807, 2.05) is 0 Å². The van der Waals surface area contributed by atoms with E-state index < -0.39 is 0 Å². The molecule has 0 atom stereocenters. The van der Waals surface area contributed by atoms with E-state index in [9.17, 15) is 9.18 Å². The third kappa shape index (κ3) is 4.98. The fourth-order valence-corrected chi connectivity index (χ4v) is 1.82.